The van der Waals surface area contributed by atoms with Crippen LogP contribution in [0.3, 0.4) is 0 Å². The molecule has 0 spiro atoms. The summed E-state index contributed by atoms with van der Waals surface area (Å²) in [5.74, 6) is -0.999. The van der Waals surface area contributed by atoms with Crippen LogP contribution in [0.25, 0.3) is 0 Å². The number of anilines is 1. The number of rotatable bonds is 7. The summed E-state index contributed by atoms with van der Waals surface area (Å²) in [5, 5.41) is 2.93. The van der Waals surface area contributed by atoms with E-state index in [1.807, 2.05) is 75.4 Å². The van der Waals surface area contributed by atoms with Gasteiger partial charge in [0, 0.05) is 29.3 Å². The molecule has 1 N–H and O–H groups in total. The molecule has 1 unspecified atom stereocenters. The minimum absolute atomic E-state index is 0.0552. The predicted octanol–water partition coefficient (Wildman–Crippen LogP) is 6.22. The number of hydrogen-bond acceptors (Lipinski definition) is 4. The van der Waals surface area contributed by atoms with Crippen molar-refractivity contribution in [3.8, 4) is 0 Å². The highest BCUT2D eigenvalue weighted by molar-refractivity contribution is 6.04. The molecule has 1 atom stereocenters. The fourth-order valence-electron chi connectivity index (χ4n) is 4.89. The van der Waals surface area contributed by atoms with Gasteiger partial charge in [-0.15, -0.1) is 0 Å². The SMILES string of the molecule is CCOC(=O)C1=C(C)N(Cc2ccc(C(=O)Nc3ccc(C)c(C)c3)cc2)C(=O)CC1c1ccccc1C. The number of aryl methyl sites for hydroxylation is 3. The lowest BCUT2D eigenvalue weighted by molar-refractivity contribution is -0.140. The minimum Gasteiger partial charge on any atom is -0.463 e. The first-order valence-electron chi connectivity index (χ1n) is 12.9. The quantitative estimate of drug-likeness (QED) is 0.383. The topological polar surface area (TPSA) is 75.7 Å². The molecular formula is C32H34N2O4. The van der Waals surface area contributed by atoms with E-state index in [4.69, 9.17) is 4.74 Å². The fraction of sp³-hybridized carbons (Fsp3) is 0.281. The molecule has 0 aliphatic carbocycles. The van der Waals surface area contributed by atoms with Gasteiger partial charge in [-0.2, -0.15) is 0 Å². The first kappa shape index (κ1) is 26.9. The molecule has 4 rings (SSSR count). The number of carbonyl (C=O) groups is 3. The maximum atomic E-state index is 13.3. The van der Waals surface area contributed by atoms with E-state index in [1.165, 1.54) is 5.56 Å². The minimum atomic E-state index is -0.394. The highest BCUT2D eigenvalue weighted by Gasteiger charge is 2.37. The van der Waals surface area contributed by atoms with Crippen molar-refractivity contribution in [2.24, 2.45) is 0 Å². The van der Waals surface area contributed by atoms with E-state index in [9.17, 15) is 14.4 Å². The van der Waals surface area contributed by atoms with Crippen molar-refractivity contribution in [1.82, 2.24) is 4.90 Å². The van der Waals surface area contributed by atoms with Crippen molar-refractivity contribution in [1.29, 1.82) is 0 Å². The maximum absolute atomic E-state index is 13.3. The average molecular weight is 511 g/mol. The van der Waals surface area contributed by atoms with Crippen LogP contribution in [0.2, 0.25) is 0 Å². The van der Waals surface area contributed by atoms with E-state index in [0.717, 1.165) is 27.9 Å². The molecule has 0 saturated carbocycles. The summed E-state index contributed by atoms with van der Waals surface area (Å²) in [6.45, 7) is 10.2. The number of allylic oxidation sites excluding steroid dienone is 1. The Kier molecular flexibility index (Phi) is 8.10. The number of nitrogens with zero attached hydrogens (tertiary/aromatic N) is 1. The Hall–Kier alpha value is -4.19. The van der Waals surface area contributed by atoms with Crippen LogP contribution in [0.15, 0.2) is 78.0 Å². The van der Waals surface area contributed by atoms with Gasteiger partial charge in [-0.05, 0) is 86.7 Å². The molecule has 38 heavy (non-hydrogen) atoms. The smallest absolute Gasteiger partial charge is 0.336 e. The molecule has 1 aliphatic rings. The molecule has 1 aliphatic heterocycles. The lowest BCUT2D eigenvalue weighted by Crippen LogP contribution is -2.38. The van der Waals surface area contributed by atoms with Gasteiger partial charge in [-0.1, -0.05) is 42.5 Å². The van der Waals surface area contributed by atoms with Crippen LogP contribution in [0.4, 0.5) is 5.69 Å². The van der Waals surface area contributed by atoms with Crippen molar-refractivity contribution in [2.45, 2.75) is 53.5 Å². The Bertz CT molecular complexity index is 1410. The van der Waals surface area contributed by atoms with Crippen LogP contribution < -0.4 is 5.32 Å². The molecule has 3 aromatic rings. The molecule has 2 amide bonds. The number of esters is 1. The third-order valence-corrected chi connectivity index (χ3v) is 7.20. The highest BCUT2D eigenvalue weighted by atomic mass is 16.5. The number of hydrogen-bond donors (Lipinski definition) is 1. The van der Waals surface area contributed by atoms with Crippen LogP contribution in [-0.2, 0) is 20.9 Å². The summed E-state index contributed by atoms with van der Waals surface area (Å²) in [5.41, 5.74) is 7.52. The summed E-state index contributed by atoms with van der Waals surface area (Å²) >= 11 is 0. The van der Waals surface area contributed by atoms with Crippen molar-refractivity contribution in [3.05, 3.63) is 111 Å². The molecule has 0 bridgehead atoms. The summed E-state index contributed by atoms with van der Waals surface area (Å²) < 4.78 is 5.40. The first-order chi connectivity index (χ1) is 18.2. The second kappa shape index (κ2) is 11.5. The standard InChI is InChI=1S/C32H34N2O4/c1-6-38-32(37)30-23(5)34(29(35)18-28(30)27-10-8-7-9-21(27)3)19-24-12-14-25(15-13-24)31(36)33-26-16-11-20(2)22(4)17-26/h7-17,28H,6,18-19H2,1-5H3,(H,33,36). The molecular weight excluding hydrogens is 476 g/mol. The van der Waals surface area contributed by atoms with E-state index in [-0.39, 0.29) is 30.8 Å². The number of benzene rings is 3. The summed E-state index contributed by atoms with van der Waals surface area (Å²) in [7, 11) is 0. The van der Waals surface area contributed by atoms with Crippen molar-refractivity contribution in [2.75, 3.05) is 11.9 Å². The molecule has 0 saturated heterocycles. The lowest BCUT2D eigenvalue weighted by atomic mass is 9.81. The molecule has 6 heteroatoms. The Labute approximate surface area is 224 Å². The molecule has 3 aromatic carbocycles. The van der Waals surface area contributed by atoms with Gasteiger partial charge in [0.05, 0.1) is 18.7 Å². The van der Waals surface area contributed by atoms with E-state index in [2.05, 4.69) is 5.32 Å². The van der Waals surface area contributed by atoms with Crippen LogP contribution >= 0.6 is 0 Å². The monoisotopic (exact) mass is 510 g/mol. The third-order valence-electron chi connectivity index (χ3n) is 7.20. The largest absolute Gasteiger partial charge is 0.463 e. The second-order valence-electron chi connectivity index (χ2n) is 9.76. The fourth-order valence-corrected chi connectivity index (χ4v) is 4.89. The van der Waals surface area contributed by atoms with Gasteiger partial charge in [-0.3, -0.25) is 9.59 Å². The summed E-state index contributed by atoms with van der Waals surface area (Å²) in [6, 6.07) is 20.8. The Morgan fingerprint density at radius 2 is 1.63 bits per heavy atom. The van der Waals surface area contributed by atoms with Crippen LogP contribution in [0, 0.1) is 20.8 Å². The predicted molar refractivity (Wildman–Crippen MR) is 149 cm³/mol. The zero-order valence-corrected chi connectivity index (χ0v) is 22.6. The van der Waals surface area contributed by atoms with Gasteiger partial charge in [-0.25, -0.2) is 4.79 Å². The summed E-state index contributed by atoms with van der Waals surface area (Å²) in [4.78, 5) is 40.8. The van der Waals surface area contributed by atoms with Crippen LogP contribution in [0.1, 0.15) is 64.4 Å². The summed E-state index contributed by atoms with van der Waals surface area (Å²) in [6.07, 6.45) is 0.187. The maximum Gasteiger partial charge on any atom is 0.336 e. The van der Waals surface area contributed by atoms with E-state index < -0.39 is 5.97 Å². The van der Waals surface area contributed by atoms with E-state index >= 15 is 0 Å². The molecule has 6 nitrogen and oxygen atoms in total. The second-order valence-corrected chi connectivity index (χ2v) is 9.76. The zero-order valence-electron chi connectivity index (χ0n) is 22.6. The van der Waals surface area contributed by atoms with Crippen LogP contribution in [-0.4, -0.2) is 29.3 Å². The van der Waals surface area contributed by atoms with Gasteiger partial charge < -0.3 is 15.0 Å². The van der Waals surface area contributed by atoms with E-state index in [0.29, 0.717) is 23.4 Å². The van der Waals surface area contributed by atoms with Crippen molar-refractivity contribution >= 4 is 23.5 Å². The third kappa shape index (κ3) is 5.70. The number of amides is 2. The van der Waals surface area contributed by atoms with Crippen LogP contribution in [0.5, 0.6) is 0 Å². The number of ether oxygens (including phenoxy) is 1. The molecule has 1 heterocycles. The average Bonchev–Trinajstić information content (AvgIpc) is 2.89. The highest BCUT2D eigenvalue weighted by Crippen LogP contribution is 2.38. The normalized spacial score (nSPS) is 15.4. The van der Waals surface area contributed by atoms with E-state index in [1.54, 1.807) is 30.9 Å². The lowest BCUT2D eigenvalue weighted by Gasteiger charge is -2.35. The van der Waals surface area contributed by atoms with Crippen molar-refractivity contribution in [3.63, 3.8) is 0 Å². The molecule has 196 valence electrons. The van der Waals surface area contributed by atoms with Crippen molar-refractivity contribution < 1.29 is 19.1 Å². The van der Waals surface area contributed by atoms with Gasteiger partial charge in [0.25, 0.3) is 5.91 Å². The molecule has 0 fully saturated rings. The first-order valence-corrected chi connectivity index (χ1v) is 12.9. The number of nitrogens with one attached hydrogen (secondary N) is 1. The number of carbonyl (C=O) groups excluding carboxylic acids is 3. The Morgan fingerprint density at radius 1 is 0.921 bits per heavy atom. The van der Waals surface area contributed by atoms with Gasteiger partial charge in [0.2, 0.25) is 5.91 Å². The zero-order chi connectivity index (χ0) is 27.4. The Balaban J connectivity index is 1.56. The molecule has 0 aromatic heterocycles. The molecule has 0 radical (unpaired) electrons. The van der Waals surface area contributed by atoms with Gasteiger partial charge >= 0.3 is 5.97 Å². The van der Waals surface area contributed by atoms with Gasteiger partial charge in [0.1, 0.15) is 0 Å². The Morgan fingerprint density at radius 3 is 2.29 bits per heavy atom. The van der Waals surface area contributed by atoms with Gasteiger partial charge in [0.15, 0.2) is 0 Å².